The lowest BCUT2D eigenvalue weighted by molar-refractivity contribution is 0.0367. The Hall–Kier alpha value is -2.37. The Morgan fingerprint density at radius 1 is 0.926 bits per heavy atom. The monoisotopic (exact) mass is 365 g/mol. The summed E-state index contributed by atoms with van der Waals surface area (Å²) < 4.78 is 5.45. The van der Waals surface area contributed by atoms with Crippen molar-refractivity contribution in [3.05, 3.63) is 66.2 Å². The molecule has 5 heteroatoms. The third-order valence-electron chi connectivity index (χ3n) is 5.41. The van der Waals surface area contributed by atoms with Crippen molar-refractivity contribution in [1.29, 1.82) is 0 Å². The number of nitrogens with zero attached hydrogens (tertiary/aromatic N) is 3. The number of ether oxygens (including phenoxy) is 1. The lowest BCUT2D eigenvalue weighted by atomic mass is 10.1. The molecule has 2 amide bonds. The van der Waals surface area contributed by atoms with Crippen molar-refractivity contribution in [3.8, 4) is 0 Å². The summed E-state index contributed by atoms with van der Waals surface area (Å²) in [6.45, 7) is 6.03. The van der Waals surface area contributed by atoms with Gasteiger partial charge in [0.15, 0.2) is 0 Å². The van der Waals surface area contributed by atoms with E-state index in [4.69, 9.17) is 4.74 Å². The molecule has 0 radical (unpaired) electrons. The van der Waals surface area contributed by atoms with Crippen molar-refractivity contribution < 1.29 is 9.53 Å². The molecule has 2 aliphatic heterocycles. The van der Waals surface area contributed by atoms with Crippen LogP contribution in [-0.2, 0) is 11.3 Å². The van der Waals surface area contributed by atoms with E-state index in [1.807, 2.05) is 58.3 Å². The summed E-state index contributed by atoms with van der Waals surface area (Å²) in [5.74, 6) is 0. The van der Waals surface area contributed by atoms with Crippen LogP contribution in [0.4, 0.5) is 10.5 Å². The van der Waals surface area contributed by atoms with Crippen molar-refractivity contribution in [2.75, 3.05) is 44.3 Å². The number of hydrogen-bond donors (Lipinski definition) is 0. The number of benzene rings is 2. The normalized spacial score (nSPS) is 21.0. The van der Waals surface area contributed by atoms with Gasteiger partial charge in [0.2, 0.25) is 0 Å². The van der Waals surface area contributed by atoms with Gasteiger partial charge in [-0.3, -0.25) is 9.80 Å². The predicted octanol–water partition coefficient (Wildman–Crippen LogP) is 3.22. The van der Waals surface area contributed by atoms with E-state index >= 15 is 0 Å². The fraction of sp³-hybridized carbons (Fsp3) is 0.409. The number of carbonyl (C=O) groups excluding carboxylic acids is 1. The van der Waals surface area contributed by atoms with Crippen LogP contribution in [0.1, 0.15) is 12.0 Å². The lowest BCUT2D eigenvalue weighted by Gasteiger charge is -2.29. The molecule has 27 heavy (non-hydrogen) atoms. The first kappa shape index (κ1) is 18.0. The van der Waals surface area contributed by atoms with Crippen molar-refractivity contribution in [1.82, 2.24) is 9.80 Å². The Kier molecular flexibility index (Phi) is 5.70. The molecule has 2 aromatic carbocycles. The van der Waals surface area contributed by atoms with Crippen LogP contribution in [0, 0.1) is 0 Å². The Morgan fingerprint density at radius 3 is 2.30 bits per heavy atom. The van der Waals surface area contributed by atoms with E-state index in [1.165, 1.54) is 5.56 Å². The summed E-state index contributed by atoms with van der Waals surface area (Å²) in [4.78, 5) is 19.6. The van der Waals surface area contributed by atoms with Crippen molar-refractivity contribution in [3.63, 3.8) is 0 Å². The van der Waals surface area contributed by atoms with Crippen LogP contribution in [0.2, 0.25) is 0 Å². The number of rotatable bonds is 6. The molecular weight excluding hydrogens is 338 g/mol. The molecule has 2 saturated heterocycles. The van der Waals surface area contributed by atoms with Gasteiger partial charge in [-0.1, -0.05) is 48.5 Å². The number of hydrogen-bond acceptors (Lipinski definition) is 3. The van der Waals surface area contributed by atoms with Crippen molar-refractivity contribution in [2.24, 2.45) is 0 Å². The van der Waals surface area contributed by atoms with Gasteiger partial charge in [-0.2, -0.15) is 0 Å². The molecule has 2 fully saturated rings. The zero-order chi connectivity index (χ0) is 18.5. The minimum Gasteiger partial charge on any atom is -0.379 e. The van der Waals surface area contributed by atoms with Gasteiger partial charge in [-0.15, -0.1) is 0 Å². The molecule has 0 bridgehead atoms. The second-order valence-electron chi connectivity index (χ2n) is 7.25. The average Bonchev–Trinajstić information content (AvgIpc) is 3.04. The Bertz CT molecular complexity index is 732. The van der Waals surface area contributed by atoms with Crippen LogP contribution >= 0.6 is 0 Å². The van der Waals surface area contributed by atoms with Crippen LogP contribution in [-0.4, -0.2) is 61.3 Å². The van der Waals surface area contributed by atoms with Gasteiger partial charge in [0.25, 0.3) is 0 Å². The summed E-state index contributed by atoms with van der Waals surface area (Å²) in [6.07, 6.45) is 0.978. The van der Waals surface area contributed by atoms with Gasteiger partial charge in [-0.25, -0.2) is 4.79 Å². The fourth-order valence-corrected chi connectivity index (χ4v) is 3.95. The smallest absolute Gasteiger partial charge is 0.325 e. The maximum Gasteiger partial charge on any atom is 0.325 e. The van der Waals surface area contributed by atoms with Gasteiger partial charge in [0, 0.05) is 38.4 Å². The third kappa shape index (κ3) is 4.31. The van der Waals surface area contributed by atoms with E-state index in [0.717, 1.165) is 51.5 Å². The summed E-state index contributed by atoms with van der Waals surface area (Å²) in [6, 6.07) is 20.6. The first-order valence-electron chi connectivity index (χ1n) is 9.78. The van der Waals surface area contributed by atoms with Gasteiger partial charge in [0.1, 0.15) is 0 Å². The first-order chi connectivity index (χ1) is 13.3. The van der Waals surface area contributed by atoms with E-state index in [2.05, 4.69) is 17.0 Å². The van der Waals surface area contributed by atoms with Crippen LogP contribution < -0.4 is 4.90 Å². The summed E-state index contributed by atoms with van der Waals surface area (Å²) in [7, 11) is 0. The highest BCUT2D eigenvalue weighted by Crippen LogP contribution is 2.27. The minimum absolute atomic E-state index is 0.108. The van der Waals surface area contributed by atoms with E-state index < -0.39 is 0 Å². The van der Waals surface area contributed by atoms with E-state index in [-0.39, 0.29) is 12.1 Å². The average molecular weight is 365 g/mol. The molecule has 0 spiro atoms. The quantitative estimate of drug-likeness (QED) is 0.789. The molecule has 0 saturated carbocycles. The third-order valence-corrected chi connectivity index (χ3v) is 5.41. The van der Waals surface area contributed by atoms with Gasteiger partial charge >= 0.3 is 6.03 Å². The Balaban J connectivity index is 1.48. The van der Waals surface area contributed by atoms with Crippen LogP contribution in [0.15, 0.2) is 60.7 Å². The van der Waals surface area contributed by atoms with Crippen LogP contribution in [0.25, 0.3) is 0 Å². The molecule has 0 N–H and O–H groups in total. The summed E-state index contributed by atoms with van der Waals surface area (Å²) in [5.41, 5.74) is 2.16. The highest BCUT2D eigenvalue weighted by molar-refractivity contribution is 5.95. The van der Waals surface area contributed by atoms with E-state index in [9.17, 15) is 4.79 Å². The van der Waals surface area contributed by atoms with Gasteiger partial charge in [0.05, 0.1) is 19.3 Å². The molecule has 2 aromatic rings. The van der Waals surface area contributed by atoms with Crippen LogP contribution in [0.3, 0.4) is 0 Å². The van der Waals surface area contributed by atoms with E-state index in [0.29, 0.717) is 6.54 Å². The Labute approximate surface area is 161 Å². The molecule has 4 rings (SSSR count). The number of urea groups is 1. The number of amides is 2. The number of morpholine rings is 1. The molecule has 2 aliphatic rings. The zero-order valence-electron chi connectivity index (χ0n) is 15.7. The molecule has 142 valence electrons. The largest absolute Gasteiger partial charge is 0.379 e. The van der Waals surface area contributed by atoms with E-state index in [1.54, 1.807) is 0 Å². The lowest BCUT2D eigenvalue weighted by Crippen LogP contribution is -2.41. The predicted molar refractivity (Wildman–Crippen MR) is 107 cm³/mol. The maximum atomic E-state index is 13.2. The standard InChI is InChI=1S/C22H27N3O2/c26-22-24(17-19-7-3-1-4-8-19)18-21(11-12-23-13-15-27-16-14-23)25(22)20-9-5-2-6-10-20/h1-10,21H,11-18H2. The maximum absolute atomic E-state index is 13.2. The molecular formula is C22H27N3O2. The second-order valence-corrected chi connectivity index (χ2v) is 7.25. The van der Waals surface area contributed by atoms with Gasteiger partial charge < -0.3 is 9.64 Å². The topological polar surface area (TPSA) is 36.0 Å². The minimum atomic E-state index is 0.108. The molecule has 5 nitrogen and oxygen atoms in total. The second kappa shape index (κ2) is 8.55. The molecule has 0 aliphatic carbocycles. The highest BCUT2D eigenvalue weighted by Gasteiger charge is 2.38. The van der Waals surface area contributed by atoms with Crippen molar-refractivity contribution >= 4 is 11.7 Å². The first-order valence-corrected chi connectivity index (χ1v) is 9.78. The zero-order valence-corrected chi connectivity index (χ0v) is 15.7. The molecule has 0 aromatic heterocycles. The molecule has 1 atom stereocenters. The summed E-state index contributed by atoms with van der Waals surface area (Å²) in [5, 5.41) is 0. The number of anilines is 1. The number of para-hydroxylation sites is 1. The summed E-state index contributed by atoms with van der Waals surface area (Å²) >= 11 is 0. The van der Waals surface area contributed by atoms with Gasteiger partial charge in [-0.05, 0) is 24.1 Å². The SMILES string of the molecule is O=C1N(Cc2ccccc2)CC(CCN2CCOCC2)N1c1ccccc1. The Morgan fingerprint density at radius 2 is 1.59 bits per heavy atom. The highest BCUT2D eigenvalue weighted by atomic mass is 16.5. The fourth-order valence-electron chi connectivity index (χ4n) is 3.95. The van der Waals surface area contributed by atoms with Crippen molar-refractivity contribution in [2.45, 2.75) is 19.0 Å². The van der Waals surface area contributed by atoms with Crippen LogP contribution in [0.5, 0.6) is 0 Å². The molecule has 2 heterocycles. The molecule has 1 unspecified atom stereocenters. The number of carbonyl (C=O) groups is 1.